The molecule has 0 aliphatic carbocycles. The molecule has 4 nitrogen and oxygen atoms in total. The third kappa shape index (κ3) is 3.61. The Hall–Kier alpha value is -1.34. The Morgan fingerprint density at radius 3 is 2.30 bits per heavy atom. The Labute approximate surface area is 134 Å². The van der Waals surface area contributed by atoms with Gasteiger partial charge >= 0.3 is 6.18 Å². The predicted molar refractivity (Wildman–Crippen MR) is 83.2 cm³/mol. The molecule has 2 aliphatic rings. The highest BCUT2D eigenvalue weighted by Crippen LogP contribution is 2.32. The molecule has 0 unspecified atom stereocenters. The van der Waals surface area contributed by atoms with E-state index >= 15 is 0 Å². The Kier molecular flexibility index (Phi) is 4.77. The summed E-state index contributed by atoms with van der Waals surface area (Å²) in [7, 11) is 0. The van der Waals surface area contributed by atoms with Crippen LogP contribution in [0.15, 0.2) is 12.1 Å². The molecule has 3 heterocycles. The highest BCUT2D eigenvalue weighted by Gasteiger charge is 2.34. The van der Waals surface area contributed by atoms with Gasteiger partial charge in [-0.3, -0.25) is 0 Å². The lowest BCUT2D eigenvalue weighted by Gasteiger charge is -2.38. The molecule has 0 bridgehead atoms. The third-order valence-electron chi connectivity index (χ3n) is 4.89. The Morgan fingerprint density at radius 2 is 1.74 bits per heavy atom. The van der Waals surface area contributed by atoms with Crippen molar-refractivity contribution in [2.24, 2.45) is 5.73 Å². The van der Waals surface area contributed by atoms with E-state index < -0.39 is 11.9 Å². The molecule has 0 spiro atoms. The number of alkyl halides is 3. The van der Waals surface area contributed by atoms with Crippen LogP contribution >= 0.6 is 0 Å². The van der Waals surface area contributed by atoms with E-state index in [9.17, 15) is 13.2 Å². The van der Waals surface area contributed by atoms with Gasteiger partial charge in [-0.1, -0.05) is 6.07 Å². The minimum Gasteiger partial charge on any atom is -0.356 e. The molecule has 1 aromatic heterocycles. The quantitative estimate of drug-likeness (QED) is 0.926. The maximum Gasteiger partial charge on any atom is 0.433 e. The highest BCUT2D eigenvalue weighted by atomic mass is 19.4. The summed E-state index contributed by atoms with van der Waals surface area (Å²) in [6.07, 6.45) is 0.0407. The molecular formula is C16H23F3N4. The fourth-order valence-electron chi connectivity index (χ4n) is 3.62. The number of hydrogen-bond acceptors (Lipinski definition) is 4. The number of nitrogens with zero attached hydrogens (tertiary/aromatic N) is 3. The van der Waals surface area contributed by atoms with E-state index in [0.717, 1.165) is 45.1 Å². The molecule has 2 aliphatic heterocycles. The van der Waals surface area contributed by atoms with Gasteiger partial charge in [0.25, 0.3) is 0 Å². The minimum absolute atomic E-state index is 0.201. The molecule has 0 saturated carbocycles. The SMILES string of the molecule is NCc1ccc(C(F)(F)F)nc1N1CCC(N2CCCC2)CC1. The normalized spacial score (nSPS) is 21.1. The second-order valence-electron chi connectivity index (χ2n) is 6.34. The summed E-state index contributed by atoms with van der Waals surface area (Å²) >= 11 is 0. The topological polar surface area (TPSA) is 45.4 Å². The van der Waals surface area contributed by atoms with Gasteiger partial charge in [-0.05, 0) is 44.8 Å². The molecule has 0 atom stereocenters. The molecule has 7 heteroatoms. The van der Waals surface area contributed by atoms with Crippen LogP contribution in [0.4, 0.5) is 19.0 Å². The van der Waals surface area contributed by atoms with Gasteiger partial charge < -0.3 is 15.5 Å². The summed E-state index contributed by atoms with van der Waals surface area (Å²) in [5.74, 6) is 0.405. The standard InChI is InChI=1S/C16H23F3N4/c17-16(18,19)14-4-3-12(11-20)15(21-14)23-9-5-13(6-10-23)22-7-1-2-8-22/h3-4,13H,1-2,5-11,20H2. The largest absolute Gasteiger partial charge is 0.433 e. The number of anilines is 1. The lowest BCUT2D eigenvalue weighted by atomic mass is 10.0. The van der Waals surface area contributed by atoms with Crippen LogP contribution in [-0.2, 0) is 12.7 Å². The molecule has 23 heavy (non-hydrogen) atoms. The van der Waals surface area contributed by atoms with Crippen LogP contribution in [0, 0.1) is 0 Å². The molecule has 2 N–H and O–H groups in total. The zero-order chi connectivity index (χ0) is 16.4. The van der Waals surface area contributed by atoms with Crippen molar-refractivity contribution in [3.05, 3.63) is 23.4 Å². The molecule has 0 radical (unpaired) electrons. The summed E-state index contributed by atoms with van der Waals surface area (Å²) < 4.78 is 38.8. The van der Waals surface area contributed by atoms with Crippen molar-refractivity contribution < 1.29 is 13.2 Å². The van der Waals surface area contributed by atoms with Gasteiger partial charge in [-0.25, -0.2) is 4.98 Å². The Morgan fingerprint density at radius 1 is 1.09 bits per heavy atom. The molecule has 2 fully saturated rings. The van der Waals surface area contributed by atoms with Gasteiger partial charge in [-0.15, -0.1) is 0 Å². The van der Waals surface area contributed by atoms with Crippen LogP contribution in [-0.4, -0.2) is 42.1 Å². The van der Waals surface area contributed by atoms with E-state index in [-0.39, 0.29) is 6.54 Å². The van der Waals surface area contributed by atoms with Crippen molar-refractivity contribution >= 4 is 5.82 Å². The van der Waals surface area contributed by atoms with Crippen molar-refractivity contribution in [3.8, 4) is 0 Å². The second-order valence-corrected chi connectivity index (χ2v) is 6.34. The number of nitrogens with two attached hydrogens (primary N) is 1. The molecule has 2 saturated heterocycles. The molecular weight excluding hydrogens is 305 g/mol. The van der Waals surface area contributed by atoms with E-state index in [1.807, 2.05) is 4.90 Å². The number of pyridine rings is 1. The zero-order valence-corrected chi connectivity index (χ0v) is 13.1. The second kappa shape index (κ2) is 6.65. The van der Waals surface area contributed by atoms with Crippen LogP contribution in [0.25, 0.3) is 0 Å². The Bertz CT molecular complexity index is 533. The van der Waals surface area contributed by atoms with Gasteiger partial charge in [0, 0.05) is 31.2 Å². The molecule has 0 amide bonds. The van der Waals surface area contributed by atoms with Crippen molar-refractivity contribution in [1.29, 1.82) is 0 Å². The number of rotatable bonds is 3. The summed E-state index contributed by atoms with van der Waals surface area (Å²) in [5.41, 5.74) is 5.52. The molecule has 0 aromatic carbocycles. The van der Waals surface area contributed by atoms with Gasteiger partial charge in [0.1, 0.15) is 11.5 Å². The summed E-state index contributed by atoms with van der Waals surface area (Å²) in [4.78, 5) is 8.35. The van der Waals surface area contributed by atoms with Crippen molar-refractivity contribution in [2.75, 3.05) is 31.1 Å². The third-order valence-corrected chi connectivity index (χ3v) is 4.89. The number of halogens is 3. The van der Waals surface area contributed by atoms with Crippen LogP contribution in [0.2, 0.25) is 0 Å². The first-order chi connectivity index (χ1) is 11.0. The number of likely N-dealkylation sites (tertiary alicyclic amines) is 1. The van der Waals surface area contributed by atoms with Gasteiger partial charge in [-0.2, -0.15) is 13.2 Å². The molecule has 128 valence electrons. The van der Waals surface area contributed by atoms with Crippen LogP contribution < -0.4 is 10.6 Å². The fraction of sp³-hybridized carbons (Fsp3) is 0.688. The first kappa shape index (κ1) is 16.5. The first-order valence-corrected chi connectivity index (χ1v) is 8.25. The van der Waals surface area contributed by atoms with Crippen molar-refractivity contribution in [2.45, 2.75) is 44.4 Å². The summed E-state index contributed by atoms with van der Waals surface area (Å²) in [5, 5.41) is 0. The number of aromatic nitrogens is 1. The van der Waals surface area contributed by atoms with Crippen molar-refractivity contribution in [1.82, 2.24) is 9.88 Å². The van der Waals surface area contributed by atoms with Gasteiger partial charge in [0.2, 0.25) is 0 Å². The van der Waals surface area contributed by atoms with E-state index in [1.54, 1.807) is 0 Å². The fourth-order valence-corrected chi connectivity index (χ4v) is 3.62. The zero-order valence-electron chi connectivity index (χ0n) is 13.1. The lowest BCUT2D eigenvalue weighted by Crippen LogP contribution is -2.44. The van der Waals surface area contributed by atoms with Crippen molar-refractivity contribution in [3.63, 3.8) is 0 Å². The minimum atomic E-state index is -4.42. The van der Waals surface area contributed by atoms with E-state index in [4.69, 9.17) is 5.73 Å². The maximum atomic E-state index is 12.9. The average molecular weight is 328 g/mol. The smallest absolute Gasteiger partial charge is 0.356 e. The Balaban J connectivity index is 1.73. The van der Waals surface area contributed by atoms with Gasteiger partial charge in [0.15, 0.2) is 0 Å². The molecule has 1 aromatic rings. The number of piperidine rings is 1. The monoisotopic (exact) mass is 328 g/mol. The summed E-state index contributed by atoms with van der Waals surface area (Å²) in [6, 6.07) is 3.03. The maximum absolute atomic E-state index is 12.9. The number of hydrogen-bond donors (Lipinski definition) is 1. The predicted octanol–water partition coefficient (Wildman–Crippen LogP) is 2.62. The van der Waals surface area contributed by atoms with Gasteiger partial charge in [0.05, 0.1) is 0 Å². The van der Waals surface area contributed by atoms with E-state index in [0.29, 0.717) is 17.4 Å². The average Bonchev–Trinajstić information content (AvgIpc) is 3.08. The summed E-state index contributed by atoms with van der Waals surface area (Å²) in [6.45, 7) is 3.98. The van der Waals surface area contributed by atoms with E-state index in [2.05, 4.69) is 9.88 Å². The first-order valence-electron chi connectivity index (χ1n) is 8.25. The lowest BCUT2D eigenvalue weighted by molar-refractivity contribution is -0.141. The van der Waals surface area contributed by atoms with Crippen LogP contribution in [0.5, 0.6) is 0 Å². The van der Waals surface area contributed by atoms with E-state index in [1.165, 1.54) is 18.9 Å². The van der Waals surface area contributed by atoms with Crippen LogP contribution in [0.3, 0.4) is 0 Å². The van der Waals surface area contributed by atoms with Crippen LogP contribution in [0.1, 0.15) is 36.9 Å². The highest BCUT2D eigenvalue weighted by molar-refractivity contribution is 5.48. The molecule has 3 rings (SSSR count).